The molecule has 0 N–H and O–H groups in total. The standard InChI is InChI=1S/C19H26N6O3/c1-3-15-16(23-8-6-22(2)7-9-23)18(27)25-19(24(15)10-11-26)20-17(21-25)14-4-12-28-13-5-14/h4,11H,3,5-10,12-13H2,1-2H3. The van der Waals surface area contributed by atoms with E-state index in [0.29, 0.717) is 43.3 Å². The SMILES string of the molecule is CCc1c(N2CCN(C)CC2)c(=O)n2nc(C3=CCOCC3)nc2n1CC=O. The first-order valence-electron chi connectivity index (χ1n) is 9.80. The van der Waals surface area contributed by atoms with Gasteiger partial charge < -0.3 is 23.9 Å². The lowest BCUT2D eigenvalue weighted by Crippen LogP contribution is -2.47. The minimum Gasteiger partial charge on any atom is -0.377 e. The summed E-state index contributed by atoms with van der Waals surface area (Å²) in [7, 11) is 2.08. The minimum atomic E-state index is -0.162. The van der Waals surface area contributed by atoms with Crippen molar-refractivity contribution in [1.82, 2.24) is 24.1 Å². The highest BCUT2D eigenvalue weighted by atomic mass is 16.5. The molecule has 2 aliphatic rings. The van der Waals surface area contributed by atoms with Gasteiger partial charge in [-0.15, -0.1) is 5.10 Å². The van der Waals surface area contributed by atoms with Crippen molar-refractivity contribution in [3.05, 3.63) is 27.9 Å². The van der Waals surface area contributed by atoms with E-state index in [-0.39, 0.29) is 12.1 Å². The van der Waals surface area contributed by atoms with Gasteiger partial charge in [-0.1, -0.05) is 13.0 Å². The second-order valence-electron chi connectivity index (χ2n) is 7.22. The molecule has 2 aromatic rings. The Morgan fingerprint density at radius 2 is 2.04 bits per heavy atom. The zero-order valence-electron chi connectivity index (χ0n) is 16.4. The van der Waals surface area contributed by atoms with E-state index < -0.39 is 0 Å². The van der Waals surface area contributed by atoms with E-state index in [9.17, 15) is 9.59 Å². The maximum absolute atomic E-state index is 13.4. The summed E-state index contributed by atoms with van der Waals surface area (Å²) < 4.78 is 8.56. The van der Waals surface area contributed by atoms with Gasteiger partial charge >= 0.3 is 0 Å². The molecule has 0 aliphatic carbocycles. The molecule has 0 amide bonds. The Labute approximate surface area is 163 Å². The molecular weight excluding hydrogens is 360 g/mol. The van der Waals surface area contributed by atoms with Crippen LogP contribution in [0.25, 0.3) is 11.4 Å². The summed E-state index contributed by atoms with van der Waals surface area (Å²) in [6.07, 6.45) is 4.15. The van der Waals surface area contributed by atoms with Crippen LogP contribution in [0.15, 0.2) is 10.9 Å². The Bertz CT molecular complexity index is 968. The first-order chi connectivity index (χ1) is 13.6. The molecule has 4 rings (SSSR count). The number of carbonyl (C=O) groups is 1. The van der Waals surface area contributed by atoms with Crippen molar-refractivity contribution < 1.29 is 9.53 Å². The molecule has 28 heavy (non-hydrogen) atoms. The lowest BCUT2D eigenvalue weighted by atomic mass is 10.1. The van der Waals surface area contributed by atoms with Crippen LogP contribution in [0.4, 0.5) is 5.69 Å². The number of hydrogen-bond donors (Lipinski definition) is 0. The molecule has 2 aliphatic heterocycles. The molecule has 0 unspecified atom stereocenters. The highest BCUT2D eigenvalue weighted by Gasteiger charge is 2.26. The number of aromatic nitrogens is 4. The van der Waals surface area contributed by atoms with E-state index in [1.54, 1.807) is 0 Å². The number of hydrogen-bond acceptors (Lipinski definition) is 7. The van der Waals surface area contributed by atoms with Crippen molar-refractivity contribution in [3.8, 4) is 0 Å². The van der Waals surface area contributed by atoms with Crippen LogP contribution in [-0.4, -0.2) is 76.8 Å². The molecular formula is C19H26N6O3. The number of nitrogens with zero attached hydrogens (tertiary/aromatic N) is 6. The number of rotatable bonds is 5. The number of likely N-dealkylation sites (N-methyl/N-ethyl adjacent to an activating group) is 1. The number of anilines is 1. The van der Waals surface area contributed by atoms with E-state index in [4.69, 9.17) is 4.74 Å². The topological polar surface area (TPSA) is 85.0 Å². The van der Waals surface area contributed by atoms with Crippen LogP contribution in [0, 0.1) is 0 Å². The molecule has 4 heterocycles. The lowest BCUT2D eigenvalue weighted by Gasteiger charge is -2.35. The van der Waals surface area contributed by atoms with Gasteiger partial charge in [0.1, 0.15) is 12.0 Å². The van der Waals surface area contributed by atoms with Crippen LogP contribution in [0.3, 0.4) is 0 Å². The summed E-state index contributed by atoms with van der Waals surface area (Å²) in [4.78, 5) is 33.8. The van der Waals surface area contributed by atoms with Gasteiger partial charge in [0.05, 0.1) is 25.5 Å². The summed E-state index contributed by atoms with van der Waals surface area (Å²) in [6.45, 7) is 6.62. The number of piperazine rings is 1. The zero-order valence-corrected chi connectivity index (χ0v) is 16.4. The third kappa shape index (κ3) is 3.24. The number of ether oxygens (including phenoxy) is 1. The maximum atomic E-state index is 13.4. The van der Waals surface area contributed by atoms with Crippen LogP contribution in [0.5, 0.6) is 0 Å². The quantitative estimate of drug-likeness (QED) is 0.679. The largest absolute Gasteiger partial charge is 0.377 e. The van der Waals surface area contributed by atoms with Crippen molar-refractivity contribution in [3.63, 3.8) is 0 Å². The van der Waals surface area contributed by atoms with Crippen LogP contribution in [0.1, 0.15) is 24.9 Å². The fourth-order valence-electron chi connectivity index (χ4n) is 3.93. The van der Waals surface area contributed by atoms with E-state index in [0.717, 1.165) is 43.7 Å². The Hall–Kier alpha value is -2.52. The fourth-order valence-corrected chi connectivity index (χ4v) is 3.93. The first kappa shape index (κ1) is 18.8. The summed E-state index contributed by atoms with van der Waals surface area (Å²) in [5.41, 5.74) is 2.30. The van der Waals surface area contributed by atoms with Gasteiger partial charge in [-0.05, 0) is 25.5 Å². The molecule has 150 valence electrons. The summed E-state index contributed by atoms with van der Waals surface area (Å²) in [5.74, 6) is 0.965. The second-order valence-corrected chi connectivity index (χ2v) is 7.22. The number of fused-ring (bicyclic) bond motifs is 1. The van der Waals surface area contributed by atoms with E-state index in [1.165, 1.54) is 4.52 Å². The van der Waals surface area contributed by atoms with E-state index in [1.807, 2.05) is 17.6 Å². The van der Waals surface area contributed by atoms with E-state index >= 15 is 0 Å². The Balaban J connectivity index is 1.91. The molecule has 9 nitrogen and oxygen atoms in total. The number of carbonyl (C=O) groups excluding carboxylic acids is 1. The van der Waals surface area contributed by atoms with Crippen molar-refractivity contribution in [2.75, 3.05) is 51.3 Å². The molecule has 1 fully saturated rings. The molecule has 0 spiro atoms. The van der Waals surface area contributed by atoms with Crippen LogP contribution < -0.4 is 10.5 Å². The fraction of sp³-hybridized carbons (Fsp3) is 0.579. The lowest BCUT2D eigenvalue weighted by molar-refractivity contribution is -0.108. The average Bonchev–Trinajstić information content (AvgIpc) is 3.17. The normalized spacial score (nSPS) is 18.5. The van der Waals surface area contributed by atoms with Gasteiger partial charge in [0.25, 0.3) is 5.56 Å². The second kappa shape index (κ2) is 7.84. The monoisotopic (exact) mass is 386 g/mol. The number of aldehydes is 1. The van der Waals surface area contributed by atoms with Gasteiger partial charge in [0.15, 0.2) is 5.82 Å². The van der Waals surface area contributed by atoms with Crippen molar-refractivity contribution in [2.24, 2.45) is 0 Å². The van der Waals surface area contributed by atoms with Gasteiger partial charge in [-0.2, -0.15) is 9.50 Å². The molecule has 0 bridgehead atoms. The van der Waals surface area contributed by atoms with E-state index in [2.05, 4.69) is 26.9 Å². The smallest absolute Gasteiger partial charge is 0.299 e. The van der Waals surface area contributed by atoms with Crippen molar-refractivity contribution in [1.29, 1.82) is 0 Å². The minimum absolute atomic E-state index is 0.147. The molecule has 2 aromatic heterocycles. The molecule has 0 radical (unpaired) electrons. The third-order valence-electron chi connectivity index (χ3n) is 5.49. The first-order valence-corrected chi connectivity index (χ1v) is 9.80. The van der Waals surface area contributed by atoms with Gasteiger partial charge in [-0.3, -0.25) is 4.79 Å². The zero-order chi connectivity index (χ0) is 19.7. The molecule has 0 saturated carbocycles. The Morgan fingerprint density at radius 3 is 2.68 bits per heavy atom. The third-order valence-corrected chi connectivity index (χ3v) is 5.49. The van der Waals surface area contributed by atoms with Gasteiger partial charge in [-0.25, -0.2) is 0 Å². The predicted octanol–water partition coefficient (Wildman–Crippen LogP) is 0.208. The summed E-state index contributed by atoms with van der Waals surface area (Å²) >= 11 is 0. The van der Waals surface area contributed by atoms with Crippen LogP contribution >= 0.6 is 0 Å². The highest BCUT2D eigenvalue weighted by Crippen LogP contribution is 2.23. The molecule has 0 aromatic carbocycles. The van der Waals surface area contributed by atoms with Crippen molar-refractivity contribution >= 4 is 23.3 Å². The van der Waals surface area contributed by atoms with Gasteiger partial charge in [0, 0.05) is 26.2 Å². The highest BCUT2D eigenvalue weighted by molar-refractivity contribution is 5.63. The summed E-state index contributed by atoms with van der Waals surface area (Å²) in [6, 6.07) is 0. The maximum Gasteiger partial charge on any atom is 0.299 e. The molecule has 9 heteroatoms. The Kier molecular flexibility index (Phi) is 5.27. The molecule has 1 saturated heterocycles. The molecule has 0 atom stereocenters. The van der Waals surface area contributed by atoms with Gasteiger partial charge in [0.2, 0.25) is 5.78 Å². The summed E-state index contributed by atoms with van der Waals surface area (Å²) in [5, 5.41) is 4.52. The van der Waals surface area contributed by atoms with Crippen LogP contribution in [0.2, 0.25) is 0 Å². The predicted molar refractivity (Wildman–Crippen MR) is 106 cm³/mol. The average molecular weight is 386 g/mol. The van der Waals surface area contributed by atoms with Crippen molar-refractivity contribution in [2.45, 2.75) is 26.3 Å². The Morgan fingerprint density at radius 1 is 1.25 bits per heavy atom. The van der Waals surface area contributed by atoms with Crippen LogP contribution in [-0.2, 0) is 22.5 Å².